The molecule has 184 valence electrons. The summed E-state index contributed by atoms with van der Waals surface area (Å²) in [4.78, 5) is 55.2. The average Bonchev–Trinajstić information content (AvgIpc) is 3.44. The molecular formula is C24H21BrN6O4S. The summed E-state index contributed by atoms with van der Waals surface area (Å²) in [5.41, 5.74) is 12.9. The average molecular weight is 569 g/mol. The molecule has 0 saturated carbocycles. The molecule has 0 fully saturated rings. The molecule has 4 aromatic rings. The van der Waals surface area contributed by atoms with Crippen LogP contribution in [0.1, 0.15) is 36.8 Å². The smallest absolute Gasteiger partial charge is 0.268 e. The molecule has 0 aliphatic carbocycles. The zero-order chi connectivity index (χ0) is 26.0. The maximum absolute atomic E-state index is 13.0. The summed E-state index contributed by atoms with van der Waals surface area (Å²) >= 11 is 4.62. The van der Waals surface area contributed by atoms with E-state index in [1.807, 2.05) is 0 Å². The van der Waals surface area contributed by atoms with Gasteiger partial charge >= 0.3 is 0 Å². The lowest BCUT2D eigenvalue weighted by Gasteiger charge is -2.18. The minimum absolute atomic E-state index is 0.0508. The number of fused-ring (bicyclic) bond motifs is 1. The Morgan fingerprint density at radius 1 is 1.06 bits per heavy atom. The van der Waals surface area contributed by atoms with Crippen molar-refractivity contribution in [1.82, 2.24) is 9.55 Å². The van der Waals surface area contributed by atoms with Crippen LogP contribution >= 0.6 is 27.3 Å². The first kappa shape index (κ1) is 25.1. The van der Waals surface area contributed by atoms with Gasteiger partial charge in [-0.2, -0.15) is 0 Å². The second-order valence-corrected chi connectivity index (χ2v) is 10.3. The molecule has 2 aromatic heterocycles. The Morgan fingerprint density at radius 2 is 1.81 bits per heavy atom. The summed E-state index contributed by atoms with van der Waals surface area (Å²) in [7, 11) is 1.60. The van der Waals surface area contributed by atoms with Gasteiger partial charge in [0.1, 0.15) is 0 Å². The van der Waals surface area contributed by atoms with E-state index in [1.54, 1.807) is 54.1 Å². The number of thiophene rings is 1. The predicted molar refractivity (Wildman–Crippen MR) is 141 cm³/mol. The van der Waals surface area contributed by atoms with Crippen molar-refractivity contribution in [1.29, 1.82) is 0 Å². The number of nitrogens with two attached hydrogens (primary N) is 2. The van der Waals surface area contributed by atoms with Crippen molar-refractivity contribution in [2.45, 2.75) is 13.0 Å². The highest BCUT2D eigenvalue weighted by Gasteiger charge is 2.19. The quantitative estimate of drug-likeness (QED) is 0.297. The maximum Gasteiger partial charge on any atom is 0.268 e. The number of benzene rings is 2. The Kier molecular flexibility index (Phi) is 7.17. The fourth-order valence-electron chi connectivity index (χ4n) is 3.59. The van der Waals surface area contributed by atoms with Gasteiger partial charge in [-0.3, -0.25) is 24.5 Å². The van der Waals surface area contributed by atoms with Crippen molar-refractivity contribution < 1.29 is 19.2 Å². The number of amides is 4. The molecule has 0 unspecified atom stereocenters. The molecule has 2 heterocycles. The van der Waals surface area contributed by atoms with E-state index in [9.17, 15) is 19.2 Å². The number of imidazole rings is 1. The van der Waals surface area contributed by atoms with Gasteiger partial charge in [0.15, 0.2) is 0 Å². The van der Waals surface area contributed by atoms with Crippen LogP contribution in [0.25, 0.3) is 11.0 Å². The number of nitrogens with one attached hydrogen (secondary N) is 1. The van der Waals surface area contributed by atoms with E-state index in [-0.39, 0.29) is 36.3 Å². The van der Waals surface area contributed by atoms with Crippen LogP contribution in [-0.2, 0) is 11.3 Å². The third kappa shape index (κ3) is 5.29. The van der Waals surface area contributed by atoms with Crippen LogP contribution in [0, 0.1) is 0 Å². The van der Waals surface area contributed by atoms with Gasteiger partial charge < -0.3 is 20.9 Å². The van der Waals surface area contributed by atoms with Gasteiger partial charge in [-0.05, 0) is 64.5 Å². The van der Waals surface area contributed by atoms with Crippen LogP contribution in [0.3, 0.4) is 0 Å². The van der Waals surface area contributed by atoms with E-state index in [2.05, 4.69) is 26.2 Å². The Hall–Kier alpha value is -4.03. The molecule has 10 nitrogen and oxygen atoms in total. The molecule has 4 rings (SSSR count). The van der Waals surface area contributed by atoms with Crippen molar-refractivity contribution in [3.05, 3.63) is 74.4 Å². The van der Waals surface area contributed by atoms with Crippen LogP contribution in [0.5, 0.6) is 0 Å². The number of anilines is 2. The summed E-state index contributed by atoms with van der Waals surface area (Å²) in [6, 6.07) is 14.8. The Balaban J connectivity index is 1.67. The van der Waals surface area contributed by atoms with E-state index in [4.69, 9.17) is 11.5 Å². The maximum atomic E-state index is 13.0. The minimum atomic E-state index is -0.625. The Morgan fingerprint density at radius 3 is 2.47 bits per heavy atom. The SMILES string of the molecule is CN(C(=O)c1cccc(C(N)=O)c1)c1ccc2c(c1)nc(NC(=O)c1ccc(Br)s1)n2CCC(N)=O. The van der Waals surface area contributed by atoms with Gasteiger partial charge in [0, 0.05) is 36.8 Å². The van der Waals surface area contributed by atoms with Gasteiger partial charge in [0.2, 0.25) is 17.8 Å². The highest BCUT2D eigenvalue weighted by Crippen LogP contribution is 2.28. The number of hydrogen-bond donors (Lipinski definition) is 3. The molecule has 0 aliphatic rings. The zero-order valence-corrected chi connectivity index (χ0v) is 21.4. The van der Waals surface area contributed by atoms with Crippen LogP contribution in [0.2, 0.25) is 0 Å². The standard InChI is InChI=1S/C24H21BrN6O4S/c1-30(23(35)14-4-2-3-13(11-14)21(27)33)15-5-6-17-16(12-15)28-24(31(17)10-9-20(26)32)29-22(34)18-7-8-19(25)36-18/h2-8,11-12H,9-10H2,1H3,(H2,26,32)(H2,27,33)(H,28,29,34). The van der Waals surface area contributed by atoms with Gasteiger partial charge in [0.05, 0.1) is 19.7 Å². The van der Waals surface area contributed by atoms with Crippen LogP contribution < -0.4 is 21.7 Å². The number of hydrogen-bond acceptors (Lipinski definition) is 6. The third-order valence-electron chi connectivity index (χ3n) is 5.42. The lowest BCUT2D eigenvalue weighted by Crippen LogP contribution is -2.26. The van der Waals surface area contributed by atoms with Crippen molar-refractivity contribution in [2.75, 3.05) is 17.3 Å². The Bertz CT molecular complexity index is 1510. The second kappa shape index (κ2) is 10.3. The molecule has 36 heavy (non-hydrogen) atoms. The second-order valence-electron chi connectivity index (χ2n) is 7.84. The van der Waals surface area contributed by atoms with E-state index in [0.717, 1.165) is 3.79 Å². The molecule has 5 N–H and O–H groups in total. The van der Waals surface area contributed by atoms with Crippen LogP contribution in [0.15, 0.2) is 58.4 Å². The van der Waals surface area contributed by atoms with Crippen molar-refractivity contribution in [3.63, 3.8) is 0 Å². The molecule has 0 radical (unpaired) electrons. The third-order valence-corrected chi connectivity index (χ3v) is 7.04. The number of nitrogens with zero attached hydrogens (tertiary/aromatic N) is 3. The number of rotatable bonds is 8. The molecule has 0 atom stereocenters. The zero-order valence-electron chi connectivity index (χ0n) is 19.0. The molecule has 0 saturated heterocycles. The highest BCUT2D eigenvalue weighted by atomic mass is 79.9. The van der Waals surface area contributed by atoms with Crippen molar-refractivity contribution in [3.8, 4) is 0 Å². The molecule has 4 amide bonds. The number of aryl methyl sites for hydroxylation is 1. The number of carbonyl (C=O) groups excluding carboxylic acids is 4. The van der Waals surface area contributed by atoms with E-state index < -0.39 is 11.8 Å². The van der Waals surface area contributed by atoms with Crippen molar-refractivity contribution in [2.24, 2.45) is 11.5 Å². The first-order chi connectivity index (χ1) is 17.1. The normalized spacial score (nSPS) is 10.8. The summed E-state index contributed by atoms with van der Waals surface area (Å²) in [6.45, 7) is 0.212. The van der Waals surface area contributed by atoms with Crippen LogP contribution in [0.4, 0.5) is 11.6 Å². The topological polar surface area (TPSA) is 153 Å². The Labute approximate surface area is 218 Å². The van der Waals surface area contributed by atoms with Gasteiger partial charge in [-0.25, -0.2) is 4.98 Å². The van der Waals surface area contributed by atoms with E-state index in [1.165, 1.54) is 28.4 Å². The predicted octanol–water partition coefficient (Wildman–Crippen LogP) is 3.36. The molecule has 2 aromatic carbocycles. The van der Waals surface area contributed by atoms with Gasteiger partial charge in [-0.1, -0.05) is 6.07 Å². The monoisotopic (exact) mass is 568 g/mol. The summed E-state index contributed by atoms with van der Waals surface area (Å²) in [5.74, 6) is -1.55. The molecule has 0 aliphatic heterocycles. The van der Waals surface area contributed by atoms with E-state index >= 15 is 0 Å². The summed E-state index contributed by atoms with van der Waals surface area (Å²) < 4.78 is 2.51. The fraction of sp³-hybridized carbons (Fsp3) is 0.125. The van der Waals surface area contributed by atoms with Crippen LogP contribution in [-0.4, -0.2) is 40.2 Å². The lowest BCUT2D eigenvalue weighted by molar-refractivity contribution is -0.118. The largest absolute Gasteiger partial charge is 0.370 e. The first-order valence-corrected chi connectivity index (χ1v) is 12.3. The fourth-order valence-corrected chi connectivity index (χ4v) is 4.87. The molecular weight excluding hydrogens is 548 g/mol. The number of primary amides is 2. The van der Waals surface area contributed by atoms with E-state index in [0.29, 0.717) is 27.2 Å². The molecule has 0 spiro atoms. The van der Waals surface area contributed by atoms with Crippen molar-refractivity contribution >= 4 is 73.6 Å². The number of carbonyl (C=O) groups is 4. The summed E-state index contributed by atoms with van der Waals surface area (Å²) in [6.07, 6.45) is 0.0508. The number of halogens is 1. The molecule has 12 heteroatoms. The number of aromatic nitrogens is 2. The molecule has 0 bridgehead atoms. The summed E-state index contributed by atoms with van der Waals surface area (Å²) in [5, 5.41) is 2.79. The highest BCUT2D eigenvalue weighted by molar-refractivity contribution is 9.11. The van der Waals surface area contributed by atoms with Gasteiger partial charge in [-0.15, -0.1) is 11.3 Å². The van der Waals surface area contributed by atoms with Gasteiger partial charge in [0.25, 0.3) is 11.8 Å². The first-order valence-electron chi connectivity index (χ1n) is 10.7. The minimum Gasteiger partial charge on any atom is -0.370 e. The lowest BCUT2D eigenvalue weighted by atomic mass is 10.1.